The van der Waals surface area contributed by atoms with Crippen molar-refractivity contribution in [3.63, 3.8) is 0 Å². The molecule has 0 aromatic rings. The molecular weight excluding hydrogens is 288 g/mol. The van der Waals surface area contributed by atoms with Crippen molar-refractivity contribution in [2.24, 2.45) is 16.9 Å². The van der Waals surface area contributed by atoms with E-state index < -0.39 is 11.7 Å². The van der Waals surface area contributed by atoms with E-state index in [9.17, 15) is 4.79 Å². The molecule has 0 heterocycles. The average Bonchev–Trinajstić information content (AvgIpc) is 2.49. The van der Waals surface area contributed by atoms with Crippen LogP contribution in [-0.4, -0.2) is 29.0 Å². The number of hydrazone groups is 1. The van der Waals surface area contributed by atoms with Gasteiger partial charge in [-0.15, -0.1) is 6.58 Å². The summed E-state index contributed by atoms with van der Waals surface area (Å²) in [7, 11) is 0. The van der Waals surface area contributed by atoms with Crippen LogP contribution in [0, 0.1) is 11.8 Å². The monoisotopic (exact) mass is 322 g/mol. The van der Waals surface area contributed by atoms with Crippen molar-refractivity contribution in [3.8, 4) is 0 Å². The summed E-state index contributed by atoms with van der Waals surface area (Å²) < 4.78 is 5.54. The number of rotatable bonds is 6. The molecule has 0 N–H and O–H groups in total. The first kappa shape index (κ1) is 19.7. The highest BCUT2D eigenvalue weighted by Gasteiger charge is 2.29. The molecule has 2 atom stereocenters. The molecule has 1 unspecified atom stereocenters. The minimum atomic E-state index is -0.531. The molecule has 1 amide bonds. The number of hydrogen-bond donors (Lipinski definition) is 0. The smallest absolute Gasteiger partial charge is 0.431 e. The van der Waals surface area contributed by atoms with E-state index >= 15 is 0 Å². The molecule has 0 saturated heterocycles. The molecule has 132 valence electrons. The van der Waals surface area contributed by atoms with Gasteiger partial charge in [-0.05, 0) is 45.4 Å². The number of ether oxygens (including phenoxy) is 1. The Bertz CT molecular complexity index is 406. The van der Waals surface area contributed by atoms with E-state index in [1.54, 1.807) is 6.08 Å². The van der Waals surface area contributed by atoms with Crippen molar-refractivity contribution in [2.45, 2.75) is 84.8 Å². The molecule has 23 heavy (non-hydrogen) atoms. The summed E-state index contributed by atoms with van der Waals surface area (Å²) in [6.07, 6.45) is 10.4. The predicted molar refractivity (Wildman–Crippen MR) is 96.6 cm³/mol. The fraction of sp³-hybridized carbons (Fsp3) is 0.789. The molecule has 4 nitrogen and oxygen atoms in total. The topological polar surface area (TPSA) is 41.9 Å². The number of amides is 1. The molecule has 0 spiro atoms. The van der Waals surface area contributed by atoms with Crippen molar-refractivity contribution in [3.05, 3.63) is 12.7 Å². The molecule has 1 saturated carbocycles. The molecule has 0 bridgehead atoms. The van der Waals surface area contributed by atoms with Gasteiger partial charge >= 0.3 is 6.09 Å². The molecule has 1 aliphatic carbocycles. The third kappa shape index (κ3) is 6.76. The number of nitrogens with zero attached hydrogens (tertiary/aromatic N) is 2. The lowest BCUT2D eigenvalue weighted by molar-refractivity contribution is 0.0160. The molecule has 0 aliphatic heterocycles. The van der Waals surface area contributed by atoms with Gasteiger partial charge in [-0.3, -0.25) is 0 Å². The Morgan fingerprint density at radius 2 is 1.96 bits per heavy atom. The van der Waals surface area contributed by atoms with Crippen LogP contribution in [0.2, 0.25) is 0 Å². The zero-order valence-electron chi connectivity index (χ0n) is 15.5. The van der Waals surface area contributed by atoms with Crippen LogP contribution in [0.15, 0.2) is 17.8 Å². The second-order valence-corrected chi connectivity index (χ2v) is 7.60. The summed E-state index contributed by atoms with van der Waals surface area (Å²) >= 11 is 0. The lowest BCUT2D eigenvalue weighted by Crippen LogP contribution is -2.42. The van der Waals surface area contributed by atoms with E-state index in [4.69, 9.17) is 4.74 Å². The van der Waals surface area contributed by atoms with E-state index in [2.05, 4.69) is 25.5 Å². The van der Waals surface area contributed by atoms with Crippen LogP contribution in [0.5, 0.6) is 0 Å². The van der Waals surface area contributed by atoms with Crippen LogP contribution in [0.3, 0.4) is 0 Å². The van der Waals surface area contributed by atoms with Gasteiger partial charge in [0.15, 0.2) is 0 Å². The Hall–Kier alpha value is -1.32. The lowest BCUT2D eigenvalue weighted by Gasteiger charge is -2.31. The van der Waals surface area contributed by atoms with Gasteiger partial charge in [0.2, 0.25) is 0 Å². The van der Waals surface area contributed by atoms with E-state index in [0.29, 0.717) is 5.92 Å². The first-order valence-corrected chi connectivity index (χ1v) is 8.97. The predicted octanol–water partition coefficient (Wildman–Crippen LogP) is 5.39. The van der Waals surface area contributed by atoms with Gasteiger partial charge in [-0.2, -0.15) is 10.1 Å². The van der Waals surface area contributed by atoms with Crippen LogP contribution in [-0.2, 0) is 4.74 Å². The molecule has 1 aliphatic rings. The number of carbonyl (C=O) groups excluding carboxylic acids is 1. The fourth-order valence-electron chi connectivity index (χ4n) is 2.82. The summed E-state index contributed by atoms with van der Waals surface area (Å²) in [5.74, 6) is 0.750. The minimum Gasteiger partial charge on any atom is -0.442 e. The van der Waals surface area contributed by atoms with Gasteiger partial charge in [-0.25, -0.2) is 4.79 Å². The first-order valence-electron chi connectivity index (χ1n) is 8.97. The fourth-order valence-corrected chi connectivity index (χ4v) is 2.82. The SMILES string of the molecule is C=CC([C@@H](C)CC)N(/N=C/C1CCCCC1)C(=O)OC(C)(C)C. The van der Waals surface area contributed by atoms with Gasteiger partial charge in [0, 0.05) is 6.21 Å². The van der Waals surface area contributed by atoms with E-state index in [1.165, 1.54) is 24.3 Å². The Labute approximate surface area is 142 Å². The van der Waals surface area contributed by atoms with Gasteiger partial charge in [-0.1, -0.05) is 45.6 Å². The van der Waals surface area contributed by atoms with Crippen LogP contribution >= 0.6 is 0 Å². The standard InChI is InChI=1S/C19H34N2O2/c1-7-15(3)17(8-2)21(18(22)23-19(4,5)6)20-14-16-12-10-9-11-13-16/h8,14-17H,2,7,9-13H2,1,3-6H3/b20-14+/t15-,17?/m0/s1. The maximum Gasteiger partial charge on any atom is 0.431 e. The van der Waals surface area contributed by atoms with Crippen molar-refractivity contribution in [2.75, 3.05) is 0 Å². The van der Waals surface area contributed by atoms with E-state index in [1.807, 2.05) is 27.0 Å². The third-order valence-corrected chi connectivity index (χ3v) is 4.38. The first-order chi connectivity index (χ1) is 10.8. The molecule has 0 radical (unpaired) electrons. The zero-order chi connectivity index (χ0) is 17.5. The lowest BCUT2D eigenvalue weighted by atomic mass is 9.90. The highest BCUT2D eigenvalue weighted by Crippen LogP contribution is 2.24. The van der Waals surface area contributed by atoms with Crippen LogP contribution in [0.25, 0.3) is 0 Å². The molecule has 1 fully saturated rings. The Morgan fingerprint density at radius 1 is 1.35 bits per heavy atom. The quantitative estimate of drug-likeness (QED) is 0.374. The Morgan fingerprint density at radius 3 is 2.43 bits per heavy atom. The molecule has 4 heteroatoms. The highest BCUT2D eigenvalue weighted by molar-refractivity contribution is 5.71. The van der Waals surface area contributed by atoms with E-state index in [0.717, 1.165) is 19.3 Å². The summed E-state index contributed by atoms with van der Waals surface area (Å²) in [4.78, 5) is 12.6. The van der Waals surface area contributed by atoms with Crippen molar-refractivity contribution >= 4 is 12.3 Å². The Balaban J connectivity index is 2.91. The maximum absolute atomic E-state index is 12.6. The third-order valence-electron chi connectivity index (χ3n) is 4.38. The summed E-state index contributed by atoms with van der Waals surface area (Å²) in [6.45, 7) is 13.7. The van der Waals surface area contributed by atoms with Gasteiger partial charge < -0.3 is 4.74 Å². The Kier molecular flexibility index (Phi) is 7.80. The van der Waals surface area contributed by atoms with Gasteiger partial charge in [0.05, 0.1) is 6.04 Å². The summed E-state index contributed by atoms with van der Waals surface area (Å²) in [5.41, 5.74) is -0.531. The van der Waals surface area contributed by atoms with Crippen LogP contribution < -0.4 is 0 Å². The van der Waals surface area contributed by atoms with E-state index in [-0.39, 0.29) is 12.0 Å². The summed E-state index contributed by atoms with van der Waals surface area (Å²) in [6, 6.07) is -0.144. The number of hydrogen-bond acceptors (Lipinski definition) is 3. The second kappa shape index (κ2) is 9.09. The van der Waals surface area contributed by atoms with Crippen molar-refractivity contribution in [1.82, 2.24) is 5.01 Å². The molecular formula is C19H34N2O2. The average molecular weight is 322 g/mol. The minimum absolute atomic E-state index is 0.144. The second-order valence-electron chi connectivity index (χ2n) is 7.60. The zero-order valence-corrected chi connectivity index (χ0v) is 15.5. The van der Waals surface area contributed by atoms with Crippen molar-refractivity contribution < 1.29 is 9.53 Å². The van der Waals surface area contributed by atoms with Gasteiger partial charge in [0.25, 0.3) is 0 Å². The largest absolute Gasteiger partial charge is 0.442 e. The molecule has 0 aromatic heterocycles. The number of carbonyl (C=O) groups is 1. The van der Waals surface area contributed by atoms with Crippen molar-refractivity contribution in [1.29, 1.82) is 0 Å². The molecule has 0 aromatic carbocycles. The summed E-state index contributed by atoms with van der Waals surface area (Å²) in [5, 5.41) is 6.02. The van der Waals surface area contributed by atoms with Gasteiger partial charge in [0.1, 0.15) is 5.60 Å². The van der Waals surface area contributed by atoms with Crippen LogP contribution in [0.1, 0.15) is 73.1 Å². The maximum atomic E-state index is 12.6. The van der Waals surface area contributed by atoms with Crippen LogP contribution in [0.4, 0.5) is 4.79 Å². The molecule has 1 rings (SSSR count). The highest BCUT2D eigenvalue weighted by atomic mass is 16.6. The normalized spacial score (nSPS) is 19.3.